The number of piperazine rings is 1. The first-order chi connectivity index (χ1) is 13.6. The number of ether oxygens (including phenoxy) is 2. The van der Waals surface area contributed by atoms with Crippen LogP contribution in [0.3, 0.4) is 0 Å². The molecule has 0 bridgehead atoms. The Kier molecular flexibility index (Phi) is 11.3. The average Bonchev–Trinajstić information content (AvgIpc) is 2.74. The van der Waals surface area contributed by atoms with E-state index in [1.807, 2.05) is 23.1 Å². The molecule has 1 amide bonds. The first-order valence-corrected chi connectivity index (χ1v) is 10.5. The summed E-state index contributed by atoms with van der Waals surface area (Å²) in [6.45, 7) is 4.83. The minimum absolute atomic E-state index is 0. The highest BCUT2D eigenvalue weighted by Gasteiger charge is 2.35. The van der Waals surface area contributed by atoms with E-state index in [2.05, 4.69) is 4.90 Å². The van der Waals surface area contributed by atoms with Crippen LogP contribution in [-0.2, 0) is 11.3 Å². The van der Waals surface area contributed by atoms with Gasteiger partial charge in [0.15, 0.2) is 0 Å². The van der Waals surface area contributed by atoms with Crippen LogP contribution in [0.25, 0.3) is 0 Å². The molecule has 1 saturated carbocycles. The maximum atomic E-state index is 12.9. The molecule has 1 heterocycles. The lowest BCUT2D eigenvalue weighted by Gasteiger charge is -2.39. The van der Waals surface area contributed by atoms with Gasteiger partial charge in [0.05, 0.1) is 14.2 Å². The van der Waals surface area contributed by atoms with Crippen molar-refractivity contribution < 1.29 is 14.3 Å². The molecule has 2 N–H and O–H groups in total. The van der Waals surface area contributed by atoms with Crippen molar-refractivity contribution in [2.24, 2.45) is 11.1 Å². The van der Waals surface area contributed by atoms with Crippen molar-refractivity contribution >= 4 is 30.7 Å². The fourth-order valence-corrected chi connectivity index (χ4v) is 4.56. The van der Waals surface area contributed by atoms with Gasteiger partial charge >= 0.3 is 0 Å². The van der Waals surface area contributed by atoms with E-state index in [9.17, 15) is 4.79 Å². The van der Waals surface area contributed by atoms with E-state index >= 15 is 0 Å². The van der Waals surface area contributed by atoms with E-state index in [0.717, 1.165) is 57.1 Å². The Morgan fingerprint density at radius 3 is 2.03 bits per heavy atom. The Balaban J connectivity index is 0.00000225. The van der Waals surface area contributed by atoms with Crippen LogP contribution in [0.2, 0.25) is 0 Å². The molecule has 0 aromatic heterocycles. The summed E-state index contributed by atoms with van der Waals surface area (Å²) in [6, 6.07) is 5.99. The summed E-state index contributed by atoms with van der Waals surface area (Å²) in [6.07, 6.45) is 6.53. The number of benzene rings is 1. The largest absolute Gasteiger partial charge is 0.497 e. The molecular weight excluding hydrogens is 425 g/mol. The van der Waals surface area contributed by atoms with E-state index in [0.29, 0.717) is 13.0 Å². The third kappa shape index (κ3) is 6.91. The summed E-state index contributed by atoms with van der Waals surface area (Å²) in [4.78, 5) is 17.3. The van der Waals surface area contributed by atoms with Crippen molar-refractivity contribution in [3.8, 4) is 11.5 Å². The molecule has 6 nitrogen and oxygen atoms in total. The summed E-state index contributed by atoms with van der Waals surface area (Å²) in [5.41, 5.74) is 7.28. The molecule has 30 heavy (non-hydrogen) atoms. The van der Waals surface area contributed by atoms with Crippen LogP contribution in [0.15, 0.2) is 18.2 Å². The third-order valence-corrected chi connectivity index (χ3v) is 6.42. The minimum Gasteiger partial charge on any atom is -0.497 e. The highest BCUT2D eigenvalue weighted by Crippen LogP contribution is 2.38. The van der Waals surface area contributed by atoms with Crippen LogP contribution in [0, 0.1) is 5.41 Å². The van der Waals surface area contributed by atoms with Gasteiger partial charge in [-0.05, 0) is 42.5 Å². The van der Waals surface area contributed by atoms with Gasteiger partial charge in [-0.2, -0.15) is 0 Å². The number of hydrogen-bond acceptors (Lipinski definition) is 5. The molecule has 1 aromatic carbocycles. The predicted molar refractivity (Wildman–Crippen MR) is 125 cm³/mol. The summed E-state index contributed by atoms with van der Waals surface area (Å²) >= 11 is 0. The number of rotatable bonds is 7. The lowest BCUT2D eigenvalue weighted by molar-refractivity contribution is -0.136. The molecule has 1 saturated heterocycles. The smallest absolute Gasteiger partial charge is 0.223 e. The van der Waals surface area contributed by atoms with Gasteiger partial charge in [0, 0.05) is 45.2 Å². The van der Waals surface area contributed by atoms with Crippen LogP contribution in [0.5, 0.6) is 11.5 Å². The Bertz CT molecular complexity index is 639. The quantitative estimate of drug-likeness (QED) is 0.672. The molecule has 172 valence electrons. The summed E-state index contributed by atoms with van der Waals surface area (Å²) in [5, 5.41) is 0. The molecule has 8 heteroatoms. The Hall–Kier alpha value is -1.21. The number of halogens is 2. The second kappa shape index (κ2) is 12.6. The number of nitrogens with two attached hydrogens (primary N) is 1. The van der Waals surface area contributed by atoms with Gasteiger partial charge in [-0.1, -0.05) is 19.3 Å². The standard InChI is InChI=1S/C22H35N3O3.2ClH/c1-27-19-12-18(13-20(14-19)28-2)16-24-8-10-25(11-9-24)21(26)15-22(17-23)6-4-3-5-7-22;;/h12-14H,3-11,15-17,23H2,1-2H3;2*1H. The normalized spacial score (nSPS) is 18.7. The highest BCUT2D eigenvalue weighted by atomic mass is 35.5. The van der Waals surface area contributed by atoms with Gasteiger partial charge in [-0.25, -0.2) is 0 Å². The molecule has 0 atom stereocenters. The number of nitrogens with zero attached hydrogens (tertiary/aromatic N) is 2. The lowest BCUT2D eigenvalue weighted by atomic mass is 9.71. The molecule has 2 aliphatic rings. The molecule has 0 spiro atoms. The van der Waals surface area contributed by atoms with Gasteiger partial charge in [0.25, 0.3) is 0 Å². The zero-order valence-corrected chi connectivity index (χ0v) is 19.9. The number of carbonyl (C=O) groups excluding carboxylic acids is 1. The molecule has 1 aliphatic carbocycles. The Morgan fingerprint density at radius 1 is 0.967 bits per heavy atom. The molecular formula is C22H37Cl2N3O3. The SMILES string of the molecule is COc1cc(CN2CCN(C(=O)CC3(CN)CCCCC3)CC2)cc(OC)c1.Cl.Cl. The van der Waals surface area contributed by atoms with E-state index < -0.39 is 0 Å². The van der Waals surface area contributed by atoms with Gasteiger partial charge < -0.3 is 20.1 Å². The second-order valence-corrected chi connectivity index (χ2v) is 8.32. The maximum Gasteiger partial charge on any atom is 0.223 e. The predicted octanol–water partition coefficient (Wildman–Crippen LogP) is 3.49. The van der Waals surface area contributed by atoms with Gasteiger partial charge in [0.2, 0.25) is 5.91 Å². The summed E-state index contributed by atoms with van der Waals surface area (Å²) in [7, 11) is 3.34. The maximum absolute atomic E-state index is 12.9. The van der Waals surface area contributed by atoms with Crippen LogP contribution in [-0.4, -0.2) is 62.7 Å². The van der Waals surface area contributed by atoms with Crippen LogP contribution >= 0.6 is 24.8 Å². The average molecular weight is 462 g/mol. The van der Waals surface area contributed by atoms with Crippen molar-refractivity contribution in [3.05, 3.63) is 23.8 Å². The molecule has 0 radical (unpaired) electrons. The van der Waals surface area contributed by atoms with Crippen molar-refractivity contribution in [3.63, 3.8) is 0 Å². The van der Waals surface area contributed by atoms with Crippen molar-refractivity contribution in [2.45, 2.75) is 45.1 Å². The van der Waals surface area contributed by atoms with Crippen molar-refractivity contribution in [1.82, 2.24) is 9.80 Å². The molecule has 1 aliphatic heterocycles. The van der Waals surface area contributed by atoms with Crippen molar-refractivity contribution in [2.75, 3.05) is 46.9 Å². The summed E-state index contributed by atoms with van der Waals surface area (Å²) in [5.74, 6) is 1.90. The van der Waals surface area contributed by atoms with Gasteiger partial charge in [-0.3, -0.25) is 9.69 Å². The van der Waals surface area contributed by atoms with Gasteiger partial charge in [-0.15, -0.1) is 24.8 Å². The van der Waals surface area contributed by atoms with Gasteiger partial charge in [0.1, 0.15) is 11.5 Å². The Morgan fingerprint density at radius 2 is 1.53 bits per heavy atom. The van der Waals surface area contributed by atoms with E-state index in [-0.39, 0.29) is 36.1 Å². The second-order valence-electron chi connectivity index (χ2n) is 8.32. The molecule has 2 fully saturated rings. The molecule has 3 rings (SSSR count). The van der Waals surface area contributed by atoms with E-state index in [4.69, 9.17) is 15.2 Å². The number of amides is 1. The number of methoxy groups -OCH3 is 2. The number of carbonyl (C=O) groups is 1. The lowest BCUT2D eigenvalue weighted by Crippen LogP contribution is -2.50. The highest BCUT2D eigenvalue weighted by molar-refractivity contribution is 5.85. The third-order valence-electron chi connectivity index (χ3n) is 6.42. The topological polar surface area (TPSA) is 68.0 Å². The summed E-state index contributed by atoms with van der Waals surface area (Å²) < 4.78 is 10.7. The number of hydrogen-bond donors (Lipinski definition) is 1. The van der Waals surface area contributed by atoms with E-state index in [1.165, 1.54) is 24.8 Å². The van der Waals surface area contributed by atoms with Crippen LogP contribution in [0.4, 0.5) is 0 Å². The van der Waals surface area contributed by atoms with Crippen LogP contribution < -0.4 is 15.2 Å². The minimum atomic E-state index is 0. The fourth-order valence-electron chi connectivity index (χ4n) is 4.56. The molecule has 1 aromatic rings. The zero-order chi connectivity index (χ0) is 20.0. The van der Waals surface area contributed by atoms with Crippen molar-refractivity contribution in [1.29, 1.82) is 0 Å². The van der Waals surface area contributed by atoms with E-state index in [1.54, 1.807) is 14.2 Å². The fraction of sp³-hybridized carbons (Fsp3) is 0.682. The van der Waals surface area contributed by atoms with Crippen LogP contribution in [0.1, 0.15) is 44.1 Å². The first-order valence-electron chi connectivity index (χ1n) is 10.5. The monoisotopic (exact) mass is 461 g/mol. The zero-order valence-electron chi connectivity index (χ0n) is 18.2. The first kappa shape index (κ1) is 26.8. The molecule has 0 unspecified atom stereocenters. The Labute approximate surface area is 193 Å².